The van der Waals surface area contributed by atoms with Gasteiger partial charge in [-0.15, -0.1) is 0 Å². The van der Waals surface area contributed by atoms with Crippen LogP contribution < -0.4 is 5.32 Å². The van der Waals surface area contributed by atoms with Crippen molar-refractivity contribution in [2.75, 3.05) is 0 Å². The Morgan fingerprint density at radius 2 is 2.20 bits per heavy atom. The molecule has 0 atom stereocenters. The summed E-state index contributed by atoms with van der Waals surface area (Å²) in [6, 6.07) is 5.68. The molecule has 0 unspecified atom stereocenters. The number of hydrogen-bond acceptors (Lipinski definition) is 3. The van der Waals surface area contributed by atoms with Gasteiger partial charge in [0.2, 0.25) is 0 Å². The second kappa shape index (κ2) is 4.91. The Morgan fingerprint density at radius 3 is 2.87 bits per heavy atom. The number of aromatic amines is 1. The summed E-state index contributed by atoms with van der Waals surface area (Å²) < 4.78 is 0. The minimum Gasteiger partial charge on any atom is -0.307 e. The summed E-state index contributed by atoms with van der Waals surface area (Å²) in [5.41, 5.74) is 2.18. The quantitative estimate of drug-likeness (QED) is 0.775. The van der Waals surface area contributed by atoms with E-state index in [1.807, 2.05) is 12.1 Å². The van der Waals surface area contributed by atoms with Crippen molar-refractivity contribution in [3.05, 3.63) is 47.0 Å². The summed E-state index contributed by atoms with van der Waals surface area (Å²) in [7, 11) is 0. The van der Waals surface area contributed by atoms with Crippen LogP contribution in [0.3, 0.4) is 0 Å². The Bertz CT molecular complexity index is 396. The highest BCUT2D eigenvalue weighted by atomic mass is 35.5. The SMILES string of the molecule is Clc1ccc(CNCc2ccn[nH]2)cn1. The second-order valence-corrected chi connectivity index (χ2v) is 3.56. The van der Waals surface area contributed by atoms with Crippen LogP contribution in [0.2, 0.25) is 5.15 Å². The van der Waals surface area contributed by atoms with Crippen LogP contribution in [-0.2, 0) is 13.1 Å². The van der Waals surface area contributed by atoms with Crippen molar-refractivity contribution in [1.29, 1.82) is 0 Å². The van der Waals surface area contributed by atoms with Gasteiger partial charge in [0.05, 0.1) is 0 Å². The van der Waals surface area contributed by atoms with Gasteiger partial charge in [0.15, 0.2) is 0 Å². The van der Waals surface area contributed by atoms with Gasteiger partial charge in [0, 0.05) is 31.2 Å². The van der Waals surface area contributed by atoms with E-state index in [9.17, 15) is 0 Å². The van der Waals surface area contributed by atoms with Gasteiger partial charge >= 0.3 is 0 Å². The van der Waals surface area contributed by atoms with Gasteiger partial charge in [0.25, 0.3) is 0 Å². The van der Waals surface area contributed by atoms with Crippen molar-refractivity contribution in [3.63, 3.8) is 0 Å². The first-order valence-electron chi connectivity index (χ1n) is 4.64. The van der Waals surface area contributed by atoms with Gasteiger partial charge in [-0.05, 0) is 17.7 Å². The topological polar surface area (TPSA) is 53.6 Å². The predicted octanol–water partition coefficient (Wildman–Crippen LogP) is 1.75. The molecule has 15 heavy (non-hydrogen) atoms. The van der Waals surface area contributed by atoms with Gasteiger partial charge in [-0.1, -0.05) is 17.7 Å². The van der Waals surface area contributed by atoms with E-state index in [0.717, 1.165) is 24.3 Å². The van der Waals surface area contributed by atoms with Gasteiger partial charge in [0.1, 0.15) is 5.15 Å². The monoisotopic (exact) mass is 222 g/mol. The molecule has 0 saturated heterocycles. The molecule has 0 aromatic carbocycles. The molecule has 2 N–H and O–H groups in total. The first kappa shape index (κ1) is 10.1. The molecule has 2 aromatic rings. The highest BCUT2D eigenvalue weighted by Gasteiger charge is 1.95. The second-order valence-electron chi connectivity index (χ2n) is 3.17. The third kappa shape index (κ3) is 3.04. The standard InChI is InChI=1S/C10H11ClN4/c11-10-2-1-8(6-13-10)5-12-7-9-3-4-14-15-9/h1-4,6,12H,5,7H2,(H,14,15). The molecule has 2 rings (SSSR count). The average Bonchev–Trinajstić information content (AvgIpc) is 2.74. The van der Waals surface area contributed by atoms with Crippen LogP contribution >= 0.6 is 11.6 Å². The van der Waals surface area contributed by atoms with Crippen LogP contribution in [-0.4, -0.2) is 15.2 Å². The number of rotatable bonds is 4. The Hall–Kier alpha value is -1.39. The highest BCUT2D eigenvalue weighted by Crippen LogP contribution is 2.04. The largest absolute Gasteiger partial charge is 0.307 e. The third-order valence-electron chi connectivity index (χ3n) is 1.99. The minimum atomic E-state index is 0.521. The average molecular weight is 223 g/mol. The maximum atomic E-state index is 5.68. The highest BCUT2D eigenvalue weighted by molar-refractivity contribution is 6.29. The molecule has 4 nitrogen and oxygen atoms in total. The molecular formula is C10H11ClN4. The normalized spacial score (nSPS) is 10.5. The van der Waals surface area contributed by atoms with Gasteiger partial charge in [-0.2, -0.15) is 5.10 Å². The van der Waals surface area contributed by atoms with Crippen molar-refractivity contribution in [1.82, 2.24) is 20.5 Å². The van der Waals surface area contributed by atoms with Crippen LogP contribution in [0.4, 0.5) is 0 Å². The fraction of sp³-hybridized carbons (Fsp3) is 0.200. The maximum absolute atomic E-state index is 5.68. The molecule has 0 radical (unpaired) electrons. The summed E-state index contributed by atoms with van der Waals surface area (Å²) in [4.78, 5) is 4.00. The molecule has 0 fully saturated rings. The van der Waals surface area contributed by atoms with E-state index in [-0.39, 0.29) is 0 Å². The fourth-order valence-electron chi connectivity index (χ4n) is 1.24. The Kier molecular flexibility index (Phi) is 3.32. The summed E-state index contributed by atoms with van der Waals surface area (Å²) in [6.07, 6.45) is 3.50. The summed E-state index contributed by atoms with van der Waals surface area (Å²) in [6.45, 7) is 1.53. The van der Waals surface area contributed by atoms with Crippen LogP contribution in [0, 0.1) is 0 Å². The predicted molar refractivity (Wildman–Crippen MR) is 58.4 cm³/mol. The number of nitrogens with one attached hydrogen (secondary N) is 2. The lowest BCUT2D eigenvalue weighted by Gasteiger charge is -2.02. The summed E-state index contributed by atoms with van der Waals surface area (Å²) in [5.74, 6) is 0. The van der Waals surface area contributed by atoms with Crippen molar-refractivity contribution in [2.24, 2.45) is 0 Å². The zero-order valence-corrected chi connectivity index (χ0v) is 8.83. The number of nitrogens with zero attached hydrogens (tertiary/aromatic N) is 2. The molecule has 2 heterocycles. The lowest BCUT2D eigenvalue weighted by molar-refractivity contribution is 0.676. The molecule has 0 spiro atoms. The van der Waals surface area contributed by atoms with E-state index in [1.165, 1.54) is 0 Å². The van der Waals surface area contributed by atoms with Crippen LogP contribution in [0.1, 0.15) is 11.3 Å². The van der Waals surface area contributed by atoms with Crippen molar-refractivity contribution in [2.45, 2.75) is 13.1 Å². The lowest BCUT2D eigenvalue weighted by atomic mass is 10.3. The van der Waals surface area contributed by atoms with Crippen molar-refractivity contribution in [3.8, 4) is 0 Å². The molecular weight excluding hydrogens is 212 g/mol. The van der Waals surface area contributed by atoms with Gasteiger partial charge in [-0.3, -0.25) is 5.10 Å². The molecule has 2 aromatic heterocycles. The molecule has 0 aliphatic heterocycles. The van der Waals surface area contributed by atoms with E-state index in [2.05, 4.69) is 20.5 Å². The zero-order chi connectivity index (χ0) is 10.5. The van der Waals surface area contributed by atoms with E-state index in [4.69, 9.17) is 11.6 Å². The van der Waals surface area contributed by atoms with E-state index >= 15 is 0 Å². The number of H-pyrrole nitrogens is 1. The molecule has 0 saturated carbocycles. The Morgan fingerprint density at radius 1 is 1.27 bits per heavy atom. The summed E-state index contributed by atoms with van der Waals surface area (Å²) >= 11 is 5.68. The molecule has 0 bridgehead atoms. The number of pyridine rings is 1. The lowest BCUT2D eigenvalue weighted by Crippen LogP contribution is -2.13. The van der Waals surface area contributed by atoms with Gasteiger partial charge in [-0.25, -0.2) is 4.98 Å². The van der Waals surface area contributed by atoms with Crippen molar-refractivity contribution < 1.29 is 0 Å². The first-order chi connectivity index (χ1) is 7.34. The van der Waals surface area contributed by atoms with E-state index in [1.54, 1.807) is 18.5 Å². The first-order valence-corrected chi connectivity index (χ1v) is 5.02. The smallest absolute Gasteiger partial charge is 0.129 e. The van der Waals surface area contributed by atoms with Crippen molar-refractivity contribution >= 4 is 11.6 Å². The number of aromatic nitrogens is 3. The number of halogens is 1. The molecule has 0 aliphatic rings. The molecule has 0 amide bonds. The fourth-order valence-corrected chi connectivity index (χ4v) is 1.35. The van der Waals surface area contributed by atoms with Crippen LogP contribution in [0.25, 0.3) is 0 Å². The zero-order valence-electron chi connectivity index (χ0n) is 8.07. The van der Waals surface area contributed by atoms with Crippen LogP contribution in [0.5, 0.6) is 0 Å². The Balaban J connectivity index is 1.81. The van der Waals surface area contributed by atoms with E-state index < -0.39 is 0 Å². The number of hydrogen-bond donors (Lipinski definition) is 2. The molecule has 5 heteroatoms. The Labute approximate surface area is 92.7 Å². The van der Waals surface area contributed by atoms with Crippen LogP contribution in [0.15, 0.2) is 30.6 Å². The third-order valence-corrected chi connectivity index (χ3v) is 2.22. The molecule has 78 valence electrons. The van der Waals surface area contributed by atoms with E-state index in [0.29, 0.717) is 5.15 Å². The summed E-state index contributed by atoms with van der Waals surface area (Å²) in [5, 5.41) is 10.5. The maximum Gasteiger partial charge on any atom is 0.129 e. The van der Waals surface area contributed by atoms with Gasteiger partial charge < -0.3 is 5.32 Å². The molecule has 0 aliphatic carbocycles. The minimum absolute atomic E-state index is 0.521.